The molecule has 6 N–H and O–H groups in total. The fraction of sp³-hybridized carbons (Fsp3) is 0. The van der Waals surface area contributed by atoms with Crippen molar-refractivity contribution in [2.45, 2.75) is 4.90 Å². The molecule has 0 aliphatic rings. The lowest BCUT2D eigenvalue weighted by Gasteiger charge is -2.03. The standard InChI is InChI=1S/C18H14ClN5O3S3/c19-12-6-1-9(7-14(12)25)13-8-28-17(23-13)15-16(20)24-18(29-15)22-10-2-4-11(5-3-10)30(21,26)27/h1-8,25H,20H2,(H,22,24)(H2,21,26,27). The first-order valence-corrected chi connectivity index (χ1v) is 11.9. The van der Waals surface area contributed by atoms with Gasteiger partial charge in [-0.1, -0.05) is 29.0 Å². The summed E-state index contributed by atoms with van der Waals surface area (Å²) >= 11 is 8.58. The molecule has 0 aliphatic carbocycles. The minimum absolute atomic E-state index is 0.0130. The van der Waals surface area contributed by atoms with Gasteiger partial charge in [0.05, 0.1) is 15.6 Å². The van der Waals surface area contributed by atoms with Gasteiger partial charge in [0.25, 0.3) is 0 Å². The summed E-state index contributed by atoms with van der Waals surface area (Å²) in [7, 11) is -3.75. The summed E-state index contributed by atoms with van der Waals surface area (Å²) in [6.07, 6.45) is 0. The number of aromatic hydroxyl groups is 1. The Labute approximate surface area is 184 Å². The fourth-order valence-electron chi connectivity index (χ4n) is 2.57. The van der Waals surface area contributed by atoms with Gasteiger partial charge in [0.1, 0.15) is 21.5 Å². The van der Waals surface area contributed by atoms with Crippen LogP contribution in [-0.2, 0) is 10.0 Å². The van der Waals surface area contributed by atoms with Gasteiger partial charge < -0.3 is 16.2 Å². The van der Waals surface area contributed by atoms with Crippen molar-refractivity contribution in [1.29, 1.82) is 0 Å². The molecule has 0 saturated carbocycles. The Balaban J connectivity index is 1.57. The first-order chi connectivity index (χ1) is 14.2. The number of aromatic nitrogens is 2. The molecule has 2 heterocycles. The lowest BCUT2D eigenvalue weighted by atomic mass is 10.2. The molecule has 0 atom stereocenters. The molecule has 0 bridgehead atoms. The molecule has 4 aromatic rings. The van der Waals surface area contributed by atoms with Crippen LogP contribution in [0.25, 0.3) is 21.1 Å². The average molecular weight is 480 g/mol. The molecule has 0 fully saturated rings. The fourth-order valence-corrected chi connectivity index (χ4v) is 5.04. The van der Waals surface area contributed by atoms with Gasteiger partial charge in [-0.2, -0.15) is 0 Å². The first-order valence-electron chi connectivity index (χ1n) is 8.32. The number of primary sulfonamides is 1. The second kappa shape index (κ2) is 7.85. The summed E-state index contributed by atoms with van der Waals surface area (Å²) in [6, 6.07) is 10.9. The van der Waals surface area contributed by atoms with E-state index in [0.29, 0.717) is 32.2 Å². The van der Waals surface area contributed by atoms with Crippen LogP contribution < -0.4 is 16.2 Å². The topological polar surface area (TPSA) is 144 Å². The van der Waals surface area contributed by atoms with E-state index < -0.39 is 10.0 Å². The van der Waals surface area contributed by atoms with E-state index >= 15 is 0 Å². The van der Waals surface area contributed by atoms with Crippen LogP contribution in [0.15, 0.2) is 52.7 Å². The number of phenolic OH excluding ortho intramolecular Hbond substituents is 1. The van der Waals surface area contributed by atoms with Crippen molar-refractivity contribution in [3.63, 3.8) is 0 Å². The van der Waals surface area contributed by atoms with Crippen LogP contribution >= 0.6 is 34.3 Å². The molecule has 8 nitrogen and oxygen atoms in total. The van der Waals surface area contributed by atoms with Crippen molar-refractivity contribution in [3.8, 4) is 26.9 Å². The van der Waals surface area contributed by atoms with Crippen LogP contribution in [0.1, 0.15) is 0 Å². The molecule has 154 valence electrons. The highest BCUT2D eigenvalue weighted by Crippen LogP contribution is 2.39. The number of nitrogens with one attached hydrogen (secondary N) is 1. The monoisotopic (exact) mass is 479 g/mol. The molecule has 0 unspecified atom stereocenters. The summed E-state index contributed by atoms with van der Waals surface area (Å²) in [5, 5.41) is 21.3. The van der Waals surface area contributed by atoms with E-state index in [4.69, 9.17) is 22.5 Å². The normalized spacial score (nSPS) is 11.5. The molecule has 12 heteroatoms. The van der Waals surface area contributed by atoms with E-state index in [1.807, 2.05) is 5.38 Å². The van der Waals surface area contributed by atoms with Gasteiger partial charge in [0.2, 0.25) is 10.0 Å². The number of hydrogen-bond donors (Lipinski definition) is 4. The van der Waals surface area contributed by atoms with Gasteiger partial charge in [-0.25, -0.2) is 23.5 Å². The Hall–Kier alpha value is -2.70. The van der Waals surface area contributed by atoms with Crippen LogP contribution in [0.2, 0.25) is 5.02 Å². The molecule has 0 spiro atoms. The maximum Gasteiger partial charge on any atom is 0.238 e. The van der Waals surface area contributed by atoms with E-state index in [1.165, 1.54) is 34.8 Å². The third kappa shape index (κ3) is 4.25. The zero-order valence-electron chi connectivity index (χ0n) is 15.0. The average Bonchev–Trinajstić information content (AvgIpc) is 3.30. The Bertz CT molecular complexity index is 1330. The number of benzene rings is 2. The molecule has 0 saturated heterocycles. The quantitative estimate of drug-likeness (QED) is 0.334. The van der Waals surface area contributed by atoms with Crippen molar-refractivity contribution in [2.75, 3.05) is 11.1 Å². The summed E-state index contributed by atoms with van der Waals surface area (Å²) in [4.78, 5) is 9.63. The zero-order valence-corrected chi connectivity index (χ0v) is 18.2. The zero-order chi connectivity index (χ0) is 21.5. The van der Waals surface area contributed by atoms with Crippen LogP contribution in [0.5, 0.6) is 5.75 Å². The first kappa shape index (κ1) is 20.6. The number of nitrogen functional groups attached to an aromatic ring is 1. The molecule has 2 aromatic carbocycles. The number of anilines is 3. The third-order valence-electron chi connectivity index (χ3n) is 4.03. The van der Waals surface area contributed by atoms with Crippen LogP contribution in [0.4, 0.5) is 16.6 Å². The second-order valence-corrected chi connectivity index (χ2v) is 9.96. The Kier molecular flexibility index (Phi) is 5.38. The van der Waals surface area contributed by atoms with Gasteiger partial charge in [-0.05, 0) is 36.4 Å². The highest BCUT2D eigenvalue weighted by molar-refractivity contribution is 7.89. The third-order valence-corrected chi connectivity index (χ3v) is 7.26. The smallest absolute Gasteiger partial charge is 0.238 e. The number of rotatable bonds is 5. The SMILES string of the molecule is Nc1nc(Nc2ccc(S(N)(=O)=O)cc2)sc1-c1nc(-c2ccc(Cl)c(O)c2)cs1. The molecule has 2 aromatic heterocycles. The molecular formula is C18H14ClN5O3S3. The van der Waals surface area contributed by atoms with E-state index in [1.54, 1.807) is 30.3 Å². The number of phenols is 1. The lowest BCUT2D eigenvalue weighted by molar-refractivity contribution is 0.476. The number of nitrogens with zero attached hydrogens (tertiary/aromatic N) is 2. The van der Waals surface area contributed by atoms with Gasteiger partial charge in [0, 0.05) is 16.6 Å². The predicted octanol–water partition coefficient (Wildman–Crippen LogP) is 4.27. The van der Waals surface area contributed by atoms with Crippen LogP contribution in [0, 0.1) is 0 Å². The minimum atomic E-state index is -3.75. The number of thiazole rings is 2. The Morgan fingerprint density at radius 1 is 1.10 bits per heavy atom. The largest absolute Gasteiger partial charge is 0.506 e. The second-order valence-electron chi connectivity index (χ2n) is 6.13. The van der Waals surface area contributed by atoms with Crippen molar-refractivity contribution in [1.82, 2.24) is 9.97 Å². The van der Waals surface area contributed by atoms with E-state index in [9.17, 15) is 13.5 Å². The summed E-state index contributed by atoms with van der Waals surface area (Å²) in [5.74, 6) is 0.310. The maximum atomic E-state index is 11.4. The summed E-state index contributed by atoms with van der Waals surface area (Å²) in [5.41, 5.74) is 8.13. The maximum absolute atomic E-state index is 11.4. The van der Waals surface area contributed by atoms with Gasteiger partial charge in [0.15, 0.2) is 5.13 Å². The van der Waals surface area contributed by atoms with Crippen molar-refractivity contribution in [2.24, 2.45) is 5.14 Å². The number of hydrogen-bond acceptors (Lipinski definition) is 9. The summed E-state index contributed by atoms with van der Waals surface area (Å²) in [6.45, 7) is 0. The number of nitrogens with two attached hydrogens (primary N) is 2. The van der Waals surface area contributed by atoms with E-state index in [0.717, 1.165) is 5.56 Å². The molecule has 30 heavy (non-hydrogen) atoms. The molecule has 0 aliphatic heterocycles. The Morgan fingerprint density at radius 3 is 2.50 bits per heavy atom. The predicted molar refractivity (Wildman–Crippen MR) is 121 cm³/mol. The van der Waals surface area contributed by atoms with Gasteiger partial charge >= 0.3 is 0 Å². The van der Waals surface area contributed by atoms with Crippen molar-refractivity contribution < 1.29 is 13.5 Å². The van der Waals surface area contributed by atoms with Crippen molar-refractivity contribution >= 4 is 60.9 Å². The van der Waals surface area contributed by atoms with Crippen molar-refractivity contribution in [3.05, 3.63) is 52.9 Å². The van der Waals surface area contributed by atoms with E-state index in [2.05, 4.69) is 15.3 Å². The number of sulfonamides is 1. The van der Waals surface area contributed by atoms with Crippen LogP contribution in [-0.4, -0.2) is 23.5 Å². The Morgan fingerprint density at radius 2 is 1.83 bits per heavy atom. The highest BCUT2D eigenvalue weighted by Gasteiger charge is 2.16. The molecular weight excluding hydrogens is 466 g/mol. The van der Waals surface area contributed by atoms with E-state index in [-0.39, 0.29) is 15.7 Å². The number of halogens is 1. The molecule has 4 rings (SSSR count). The lowest BCUT2D eigenvalue weighted by Crippen LogP contribution is -2.11. The van der Waals surface area contributed by atoms with Gasteiger partial charge in [-0.15, -0.1) is 11.3 Å². The van der Waals surface area contributed by atoms with Crippen LogP contribution in [0.3, 0.4) is 0 Å². The highest BCUT2D eigenvalue weighted by atomic mass is 35.5. The minimum Gasteiger partial charge on any atom is -0.506 e. The van der Waals surface area contributed by atoms with Gasteiger partial charge in [-0.3, -0.25) is 0 Å². The summed E-state index contributed by atoms with van der Waals surface area (Å²) < 4.78 is 22.7. The molecule has 0 amide bonds. The molecule has 0 radical (unpaired) electrons.